The predicted octanol–water partition coefficient (Wildman–Crippen LogP) is 3.47. The molecule has 1 aromatic heterocycles. The summed E-state index contributed by atoms with van der Waals surface area (Å²) in [6, 6.07) is 19.3. The third kappa shape index (κ3) is 3.26. The normalized spacial score (nSPS) is 30.5. The smallest absolute Gasteiger partial charge is 0.329 e. The Kier molecular flexibility index (Phi) is 5.17. The summed E-state index contributed by atoms with van der Waals surface area (Å²) in [7, 11) is 1.78. The van der Waals surface area contributed by atoms with Crippen molar-refractivity contribution in [1.82, 2.24) is 19.4 Å². The summed E-state index contributed by atoms with van der Waals surface area (Å²) in [5.74, 6) is 0.0738. The van der Waals surface area contributed by atoms with Gasteiger partial charge in [0.15, 0.2) is 0 Å². The monoisotopic (exact) mass is 458 g/mol. The average molecular weight is 459 g/mol. The zero-order chi connectivity index (χ0) is 23.4. The molecule has 1 amide bonds. The Bertz CT molecular complexity index is 1280. The minimum Gasteiger partial charge on any atom is -0.333 e. The summed E-state index contributed by atoms with van der Waals surface area (Å²) in [5, 5.41) is 3.96. The largest absolute Gasteiger partial charge is 0.333 e. The molecule has 5 atom stereocenters. The van der Waals surface area contributed by atoms with Crippen molar-refractivity contribution in [3.63, 3.8) is 0 Å². The lowest BCUT2D eigenvalue weighted by molar-refractivity contribution is -0.144. The fraction of sp³-hybridized carbons (Fsp3) is 0.500. The first kappa shape index (κ1) is 21.7. The lowest BCUT2D eigenvalue weighted by Crippen LogP contribution is -2.62. The Morgan fingerprint density at radius 1 is 1.03 bits per heavy atom. The predicted molar refractivity (Wildman–Crippen MR) is 134 cm³/mol. The maximum Gasteiger partial charge on any atom is 0.329 e. The van der Waals surface area contributed by atoms with E-state index in [1.807, 2.05) is 30.3 Å². The number of carbonyl (C=O) groups excluding carboxylic acids is 1. The minimum atomic E-state index is -0.128. The van der Waals surface area contributed by atoms with Crippen molar-refractivity contribution in [3.8, 4) is 0 Å². The van der Waals surface area contributed by atoms with Crippen molar-refractivity contribution in [3.05, 3.63) is 70.6 Å². The molecule has 6 heteroatoms. The van der Waals surface area contributed by atoms with Crippen LogP contribution in [0.2, 0.25) is 0 Å². The topological polar surface area (TPSA) is 59.3 Å². The summed E-state index contributed by atoms with van der Waals surface area (Å²) in [4.78, 5) is 29.5. The van der Waals surface area contributed by atoms with Gasteiger partial charge in [0.2, 0.25) is 5.91 Å². The zero-order valence-electron chi connectivity index (χ0n) is 20.1. The van der Waals surface area contributed by atoms with Crippen LogP contribution >= 0.6 is 0 Å². The second kappa shape index (κ2) is 8.12. The summed E-state index contributed by atoms with van der Waals surface area (Å²) in [5.41, 5.74) is 2.91. The number of hydrogen-bond donors (Lipinski definition) is 1. The molecule has 1 aliphatic carbocycles. The van der Waals surface area contributed by atoms with Gasteiger partial charge in [-0.3, -0.25) is 13.9 Å². The van der Waals surface area contributed by atoms with Crippen LogP contribution in [0.1, 0.15) is 44.6 Å². The quantitative estimate of drug-likeness (QED) is 0.651. The van der Waals surface area contributed by atoms with E-state index in [4.69, 9.17) is 0 Å². The second-order valence-corrected chi connectivity index (χ2v) is 10.8. The van der Waals surface area contributed by atoms with Crippen LogP contribution in [0.15, 0.2) is 59.4 Å². The molecule has 0 unspecified atom stereocenters. The highest BCUT2D eigenvalue weighted by atomic mass is 16.2. The number of likely N-dealkylation sites (tertiary alicyclic amines) is 1. The number of piperidine rings is 1. The number of nitrogens with zero attached hydrogens (tertiary/aromatic N) is 3. The standard InChI is InChI=1S/C28H34N4O2/c1-28-17-20-23(16-19-10-4-3-5-11-19)32(25(28)15-9-8-14-24(28)29-20)26(33)18-31-22-13-7-6-12-21(22)30(2)27(31)34/h3-7,10-13,20,23-25,29H,8-9,14-18H2,1-2H3/t20-,23+,24-,25+,28-/m0/s1. The van der Waals surface area contributed by atoms with Gasteiger partial charge in [0.05, 0.1) is 17.1 Å². The number of carbonyl (C=O) groups is 1. The number of para-hydroxylation sites is 2. The van der Waals surface area contributed by atoms with Crippen LogP contribution in [0, 0.1) is 5.41 Å². The van der Waals surface area contributed by atoms with Crippen molar-refractivity contribution in [2.75, 3.05) is 0 Å². The van der Waals surface area contributed by atoms with Crippen LogP contribution in [0.4, 0.5) is 0 Å². The fourth-order valence-electron chi connectivity index (χ4n) is 7.24. The van der Waals surface area contributed by atoms with Gasteiger partial charge in [0.25, 0.3) is 0 Å². The molecule has 34 heavy (non-hydrogen) atoms. The van der Waals surface area contributed by atoms with Crippen molar-refractivity contribution >= 4 is 16.9 Å². The van der Waals surface area contributed by atoms with E-state index in [0.717, 1.165) is 36.7 Å². The van der Waals surface area contributed by atoms with Gasteiger partial charge in [-0.15, -0.1) is 0 Å². The van der Waals surface area contributed by atoms with Gasteiger partial charge in [-0.1, -0.05) is 62.2 Å². The van der Waals surface area contributed by atoms with Crippen LogP contribution in [0.5, 0.6) is 0 Å². The molecule has 2 saturated heterocycles. The Morgan fingerprint density at radius 3 is 2.53 bits per heavy atom. The number of fused-ring (bicyclic) bond motifs is 2. The van der Waals surface area contributed by atoms with E-state index in [1.165, 1.54) is 18.4 Å². The molecule has 0 radical (unpaired) electrons. The number of aryl methyl sites for hydroxylation is 1. The van der Waals surface area contributed by atoms with Crippen LogP contribution in [-0.2, 0) is 24.8 Å². The molecule has 3 heterocycles. The first-order chi connectivity index (χ1) is 16.5. The SMILES string of the molecule is Cn1c(=O)n(CC(=O)N2[C@H](Cc3ccccc3)[C@@H]3C[C@@]4(C)[C@H](CCCC[C@@H]24)N3)c2ccccc21. The Morgan fingerprint density at radius 2 is 1.74 bits per heavy atom. The summed E-state index contributed by atoms with van der Waals surface area (Å²) >= 11 is 0. The highest BCUT2D eigenvalue weighted by Gasteiger charge is 2.59. The second-order valence-electron chi connectivity index (χ2n) is 10.8. The Hall–Kier alpha value is -2.86. The maximum absolute atomic E-state index is 14.2. The molecule has 3 aromatic rings. The molecule has 2 aliphatic heterocycles. The number of aromatic nitrogens is 2. The van der Waals surface area contributed by atoms with Gasteiger partial charge in [-0.2, -0.15) is 0 Å². The van der Waals surface area contributed by atoms with Crippen LogP contribution in [-0.4, -0.2) is 44.1 Å². The highest BCUT2D eigenvalue weighted by molar-refractivity contribution is 5.81. The van der Waals surface area contributed by atoms with Crippen molar-refractivity contribution in [2.45, 2.75) is 76.2 Å². The van der Waals surface area contributed by atoms with Crippen LogP contribution in [0.3, 0.4) is 0 Å². The molecule has 2 bridgehead atoms. The first-order valence-corrected chi connectivity index (χ1v) is 12.7. The molecular weight excluding hydrogens is 424 g/mol. The van der Waals surface area contributed by atoms with Gasteiger partial charge < -0.3 is 10.2 Å². The average Bonchev–Trinajstić information content (AvgIpc) is 3.20. The number of rotatable bonds is 4. The fourth-order valence-corrected chi connectivity index (χ4v) is 7.24. The molecule has 6 rings (SSSR count). The third-order valence-corrected chi connectivity index (χ3v) is 8.93. The number of benzene rings is 2. The van der Waals surface area contributed by atoms with E-state index in [0.29, 0.717) is 6.04 Å². The van der Waals surface area contributed by atoms with E-state index in [-0.39, 0.29) is 41.7 Å². The number of nitrogens with one attached hydrogen (secondary N) is 1. The zero-order valence-corrected chi connectivity index (χ0v) is 20.1. The molecule has 6 nitrogen and oxygen atoms in total. The molecule has 3 aliphatic rings. The summed E-state index contributed by atoms with van der Waals surface area (Å²) in [6.07, 6.45) is 6.56. The molecule has 0 spiro atoms. The maximum atomic E-state index is 14.2. The van der Waals surface area contributed by atoms with E-state index in [9.17, 15) is 9.59 Å². The van der Waals surface area contributed by atoms with Gasteiger partial charge in [0.1, 0.15) is 6.54 Å². The molecular formula is C28H34N4O2. The van der Waals surface area contributed by atoms with Crippen molar-refractivity contribution in [2.24, 2.45) is 12.5 Å². The van der Waals surface area contributed by atoms with E-state index >= 15 is 0 Å². The Labute approximate surface area is 200 Å². The number of hydrogen-bond acceptors (Lipinski definition) is 3. The highest BCUT2D eigenvalue weighted by Crippen LogP contribution is 2.51. The van der Waals surface area contributed by atoms with Gasteiger partial charge >= 0.3 is 5.69 Å². The lowest BCUT2D eigenvalue weighted by atomic mass is 9.69. The third-order valence-electron chi connectivity index (χ3n) is 8.93. The minimum absolute atomic E-state index is 0.0738. The van der Waals surface area contributed by atoms with Gasteiger partial charge in [-0.25, -0.2) is 4.79 Å². The molecule has 1 saturated carbocycles. The van der Waals surface area contributed by atoms with Gasteiger partial charge in [-0.05, 0) is 43.4 Å². The molecule has 3 fully saturated rings. The molecule has 2 aromatic carbocycles. The van der Waals surface area contributed by atoms with Crippen LogP contribution in [0.25, 0.3) is 11.0 Å². The number of amides is 1. The molecule has 1 N–H and O–H groups in total. The van der Waals surface area contributed by atoms with Crippen LogP contribution < -0.4 is 11.0 Å². The number of imidazole rings is 1. The van der Waals surface area contributed by atoms with Gasteiger partial charge in [0, 0.05) is 30.6 Å². The summed E-state index contributed by atoms with van der Waals surface area (Å²) < 4.78 is 3.31. The molecule has 178 valence electrons. The summed E-state index contributed by atoms with van der Waals surface area (Å²) in [6.45, 7) is 2.49. The lowest BCUT2D eigenvalue weighted by Gasteiger charge is -2.51. The van der Waals surface area contributed by atoms with Crippen molar-refractivity contribution < 1.29 is 4.79 Å². The van der Waals surface area contributed by atoms with Crippen molar-refractivity contribution in [1.29, 1.82) is 0 Å². The van der Waals surface area contributed by atoms with E-state index in [2.05, 4.69) is 41.4 Å². The van der Waals surface area contributed by atoms with E-state index < -0.39 is 0 Å². The first-order valence-electron chi connectivity index (χ1n) is 12.7. The Balaban J connectivity index is 1.41. The van der Waals surface area contributed by atoms with E-state index in [1.54, 1.807) is 16.2 Å².